The van der Waals surface area contributed by atoms with E-state index in [1.807, 2.05) is 25.1 Å². The molecule has 0 fully saturated rings. The van der Waals surface area contributed by atoms with Crippen LogP contribution in [-0.4, -0.2) is 15.9 Å². The number of hydrogen-bond donors (Lipinski definition) is 2. The number of nitrogens with one attached hydrogen (secondary N) is 2. The molecule has 7 heteroatoms. The zero-order chi connectivity index (χ0) is 17.8. The molecule has 0 spiro atoms. The number of amides is 1. The second-order valence-electron chi connectivity index (χ2n) is 5.36. The Bertz CT molecular complexity index is 913. The van der Waals surface area contributed by atoms with Gasteiger partial charge in [-0.2, -0.15) is 0 Å². The zero-order valence-corrected chi connectivity index (χ0v) is 13.3. The maximum Gasteiger partial charge on any atom is 0.275 e. The molecule has 25 heavy (non-hydrogen) atoms. The van der Waals surface area contributed by atoms with Crippen molar-refractivity contribution in [3.05, 3.63) is 77.8 Å². The first-order valence-electron chi connectivity index (χ1n) is 7.43. The minimum Gasteiger partial charge on any atom is -0.337 e. The largest absolute Gasteiger partial charge is 0.337 e. The first-order valence-corrected chi connectivity index (χ1v) is 7.43. The number of anilines is 3. The minimum atomic E-state index is -0.747. The summed E-state index contributed by atoms with van der Waals surface area (Å²) >= 11 is 0. The van der Waals surface area contributed by atoms with Gasteiger partial charge < -0.3 is 10.6 Å². The molecular weight excluding hydrogens is 326 g/mol. The van der Waals surface area contributed by atoms with Crippen molar-refractivity contribution in [3.63, 3.8) is 0 Å². The molecule has 0 bridgehead atoms. The summed E-state index contributed by atoms with van der Waals surface area (Å²) in [7, 11) is 0. The number of aromatic nitrogens is 2. The average Bonchev–Trinajstić information content (AvgIpc) is 2.58. The fraction of sp³-hybridized carbons (Fsp3) is 0.0556. The highest BCUT2D eigenvalue weighted by atomic mass is 19.1. The van der Waals surface area contributed by atoms with E-state index in [0.29, 0.717) is 5.69 Å². The predicted octanol–water partition coefficient (Wildman–Crippen LogP) is 4.06. The summed E-state index contributed by atoms with van der Waals surface area (Å²) < 4.78 is 26.5. The van der Waals surface area contributed by atoms with E-state index >= 15 is 0 Å². The van der Waals surface area contributed by atoms with Crippen LogP contribution >= 0.6 is 0 Å². The van der Waals surface area contributed by atoms with Crippen molar-refractivity contribution in [2.75, 3.05) is 10.6 Å². The van der Waals surface area contributed by atoms with E-state index in [1.54, 1.807) is 6.07 Å². The Hall–Kier alpha value is -3.35. The van der Waals surface area contributed by atoms with Crippen LogP contribution in [0.1, 0.15) is 16.1 Å². The normalized spacial score (nSPS) is 10.4. The number of rotatable bonds is 4. The second kappa shape index (κ2) is 7.04. The molecule has 1 amide bonds. The van der Waals surface area contributed by atoms with E-state index in [4.69, 9.17) is 0 Å². The van der Waals surface area contributed by atoms with Gasteiger partial charge in [-0.1, -0.05) is 12.1 Å². The van der Waals surface area contributed by atoms with E-state index in [1.165, 1.54) is 18.5 Å². The van der Waals surface area contributed by atoms with Crippen LogP contribution < -0.4 is 10.6 Å². The molecule has 0 aliphatic rings. The highest BCUT2D eigenvalue weighted by Gasteiger charge is 2.10. The van der Waals surface area contributed by atoms with E-state index < -0.39 is 17.5 Å². The maximum atomic E-state index is 13.6. The van der Waals surface area contributed by atoms with Gasteiger partial charge in [0, 0.05) is 11.8 Å². The lowest BCUT2D eigenvalue weighted by Gasteiger charge is -2.08. The van der Waals surface area contributed by atoms with Crippen molar-refractivity contribution in [2.45, 2.75) is 6.92 Å². The fourth-order valence-corrected chi connectivity index (χ4v) is 2.16. The monoisotopic (exact) mass is 340 g/mol. The molecule has 126 valence electrons. The number of hydrogen-bond acceptors (Lipinski definition) is 4. The summed E-state index contributed by atoms with van der Waals surface area (Å²) in [6, 6.07) is 10.5. The molecule has 0 radical (unpaired) electrons. The van der Waals surface area contributed by atoms with Crippen LogP contribution in [0.15, 0.2) is 54.9 Å². The fourth-order valence-electron chi connectivity index (χ4n) is 2.16. The Kier molecular flexibility index (Phi) is 4.65. The van der Waals surface area contributed by atoms with Crippen molar-refractivity contribution in [2.24, 2.45) is 0 Å². The molecule has 0 saturated carbocycles. The number of nitrogens with zero attached hydrogens (tertiary/aromatic N) is 2. The Morgan fingerprint density at radius 1 is 1.04 bits per heavy atom. The van der Waals surface area contributed by atoms with E-state index in [-0.39, 0.29) is 17.2 Å². The third kappa shape index (κ3) is 4.14. The van der Waals surface area contributed by atoms with E-state index in [9.17, 15) is 13.6 Å². The van der Waals surface area contributed by atoms with Gasteiger partial charge in [0.25, 0.3) is 5.91 Å². The minimum absolute atomic E-state index is 0.0627. The molecule has 3 rings (SSSR count). The van der Waals surface area contributed by atoms with Gasteiger partial charge >= 0.3 is 0 Å². The third-order valence-electron chi connectivity index (χ3n) is 3.35. The Balaban J connectivity index is 1.70. The summed E-state index contributed by atoms with van der Waals surface area (Å²) in [4.78, 5) is 20.2. The standard InChI is InChI=1S/C18H14F2N4O/c1-11-3-2-4-13(7-11)23-18(25)16-9-22-17(10-21-16)24-15-6-5-12(19)8-14(15)20/h2-10H,1H3,(H,22,24)(H,23,25). The van der Waals surface area contributed by atoms with Crippen molar-refractivity contribution < 1.29 is 13.6 Å². The Morgan fingerprint density at radius 2 is 1.88 bits per heavy atom. The molecule has 3 aromatic rings. The van der Waals surface area contributed by atoms with E-state index in [2.05, 4.69) is 20.6 Å². The zero-order valence-electron chi connectivity index (χ0n) is 13.3. The van der Waals surface area contributed by atoms with E-state index in [0.717, 1.165) is 17.7 Å². The molecule has 0 aliphatic heterocycles. The van der Waals surface area contributed by atoms with Crippen LogP contribution in [0.4, 0.5) is 26.0 Å². The molecule has 2 aromatic carbocycles. The second-order valence-corrected chi connectivity index (χ2v) is 5.36. The van der Waals surface area contributed by atoms with Gasteiger partial charge in [0.1, 0.15) is 23.1 Å². The lowest BCUT2D eigenvalue weighted by atomic mass is 10.2. The molecule has 0 aliphatic carbocycles. The highest BCUT2D eigenvalue weighted by Crippen LogP contribution is 2.19. The topological polar surface area (TPSA) is 66.9 Å². The van der Waals surface area contributed by atoms with Crippen molar-refractivity contribution in [1.82, 2.24) is 9.97 Å². The highest BCUT2D eigenvalue weighted by molar-refractivity contribution is 6.02. The number of carbonyl (C=O) groups is 1. The lowest BCUT2D eigenvalue weighted by molar-refractivity contribution is 0.102. The molecular formula is C18H14F2N4O. The number of halogens is 2. The number of aryl methyl sites for hydroxylation is 1. The number of benzene rings is 2. The average molecular weight is 340 g/mol. The summed E-state index contributed by atoms with van der Waals surface area (Å²) in [6.07, 6.45) is 2.57. The van der Waals surface area contributed by atoms with Crippen LogP contribution in [-0.2, 0) is 0 Å². The quantitative estimate of drug-likeness (QED) is 0.752. The lowest BCUT2D eigenvalue weighted by Crippen LogP contribution is -2.14. The molecule has 1 heterocycles. The molecule has 5 nitrogen and oxygen atoms in total. The summed E-state index contributed by atoms with van der Waals surface area (Å²) in [6.45, 7) is 1.92. The molecule has 2 N–H and O–H groups in total. The van der Waals surface area contributed by atoms with Crippen LogP contribution in [0.2, 0.25) is 0 Å². The van der Waals surface area contributed by atoms with Gasteiger partial charge in [-0.15, -0.1) is 0 Å². The van der Waals surface area contributed by atoms with Gasteiger partial charge in [0.2, 0.25) is 0 Å². The SMILES string of the molecule is Cc1cccc(NC(=O)c2cnc(Nc3ccc(F)cc3F)cn2)c1. The van der Waals surface area contributed by atoms with Crippen LogP contribution in [0.5, 0.6) is 0 Å². The predicted molar refractivity (Wildman–Crippen MR) is 90.8 cm³/mol. The molecule has 0 saturated heterocycles. The third-order valence-corrected chi connectivity index (χ3v) is 3.35. The Morgan fingerprint density at radius 3 is 2.56 bits per heavy atom. The van der Waals surface area contributed by atoms with Crippen LogP contribution in [0.25, 0.3) is 0 Å². The van der Waals surface area contributed by atoms with Crippen LogP contribution in [0, 0.1) is 18.6 Å². The first-order chi connectivity index (χ1) is 12.0. The van der Waals surface area contributed by atoms with Gasteiger partial charge in [-0.05, 0) is 36.8 Å². The van der Waals surface area contributed by atoms with Gasteiger partial charge in [-0.25, -0.2) is 18.7 Å². The summed E-state index contributed by atoms with van der Waals surface area (Å²) in [5, 5.41) is 5.40. The molecule has 0 unspecified atom stereocenters. The molecule has 1 aromatic heterocycles. The number of carbonyl (C=O) groups excluding carboxylic acids is 1. The first kappa shape index (κ1) is 16.5. The maximum absolute atomic E-state index is 13.6. The van der Waals surface area contributed by atoms with Gasteiger partial charge in [-0.3, -0.25) is 4.79 Å². The van der Waals surface area contributed by atoms with Crippen molar-refractivity contribution in [3.8, 4) is 0 Å². The van der Waals surface area contributed by atoms with Gasteiger partial charge in [0.15, 0.2) is 0 Å². The van der Waals surface area contributed by atoms with Gasteiger partial charge in [0.05, 0.1) is 18.1 Å². The Labute approximate surface area is 142 Å². The van der Waals surface area contributed by atoms with Crippen molar-refractivity contribution >= 4 is 23.1 Å². The van der Waals surface area contributed by atoms with Crippen LogP contribution in [0.3, 0.4) is 0 Å². The molecule has 0 atom stereocenters. The smallest absolute Gasteiger partial charge is 0.275 e. The summed E-state index contributed by atoms with van der Waals surface area (Å²) in [5.74, 6) is -1.59. The van der Waals surface area contributed by atoms with Crippen molar-refractivity contribution in [1.29, 1.82) is 0 Å². The summed E-state index contributed by atoms with van der Waals surface area (Å²) in [5.41, 5.74) is 1.85.